The monoisotopic (exact) mass is 354 g/mol. The molecule has 1 rings (SSSR count). The minimum Gasteiger partial charge on any atom is -0.457 e. The summed E-state index contributed by atoms with van der Waals surface area (Å²) in [5.74, 6) is -0.768. The first-order valence-electron chi connectivity index (χ1n) is 9.70. The lowest BCUT2D eigenvalue weighted by atomic mass is 9.66. The summed E-state index contributed by atoms with van der Waals surface area (Å²) in [5, 5.41) is 0. The van der Waals surface area contributed by atoms with E-state index in [0.717, 1.165) is 32.1 Å². The Hall–Kier alpha value is -1.06. The lowest BCUT2D eigenvalue weighted by molar-refractivity contribution is -0.179. The molecule has 0 radical (unpaired) electrons. The molecule has 4 heteroatoms. The average molecular weight is 355 g/mol. The van der Waals surface area contributed by atoms with E-state index in [1.807, 2.05) is 41.5 Å². The molecule has 1 saturated carbocycles. The SMILES string of the molecule is CCC1(C)CCC(C)(OC(=O)COC(=O)C(C)(CC)C(C)(C)C)CC1. The highest BCUT2D eigenvalue weighted by Crippen LogP contribution is 2.44. The van der Waals surface area contributed by atoms with E-state index in [2.05, 4.69) is 13.8 Å². The normalized spacial score (nSPS) is 29.6. The van der Waals surface area contributed by atoms with E-state index in [9.17, 15) is 9.59 Å². The Morgan fingerprint density at radius 1 is 0.960 bits per heavy atom. The smallest absolute Gasteiger partial charge is 0.344 e. The summed E-state index contributed by atoms with van der Waals surface area (Å²) >= 11 is 0. The van der Waals surface area contributed by atoms with Gasteiger partial charge in [-0.3, -0.25) is 4.79 Å². The van der Waals surface area contributed by atoms with E-state index in [0.29, 0.717) is 11.8 Å². The molecule has 1 atom stereocenters. The van der Waals surface area contributed by atoms with Gasteiger partial charge in [0, 0.05) is 0 Å². The van der Waals surface area contributed by atoms with Crippen LogP contribution in [0.4, 0.5) is 0 Å². The molecule has 0 heterocycles. The minimum atomic E-state index is -0.620. The second-order valence-corrected chi connectivity index (χ2v) is 9.60. The lowest BCUT2D eigenvalue weighted by Crippen LogP contribution is -2.43. The maximum Gasteiger partial charge on any atom is 0.344 e. The standard InChI is InChI=1S/C21H38O4/c1-9-19(6)11-13-20(7,14-12-19)25-16(22)15-24-17(23)21(8,10-2)18(3,4)5/h9-15H2,1-8H3. The lowest BCUT2D eigenvalue weighted by Gasteiger charge is -2.42. The van der Waals surface area contributed by atoms with Crippen molar-refractivity contribution in [2.24, 2.45) is 16.2 Å². The number of hydrogen-bond acceptors (Lipinski definition) is 4. The number of ether oxygens (including phenoxy) is 2. The molecule has 25 heavy (non-hydrogen) atoms. The number of rotatable bonds is 6. The highest BCUT2D eigenvalue weighted by atomic mass is 16.6. The van der Waals surface area contributed by atoms with Crippen LogP contribution in [0.5, 0.6) is 0 Å². The zero-order valence-corrected chi connectivity index (χ0v) is 17.6. The van der Waals surface area contributed by atoms with Crippen LogP contribution in [0.15, 0.2) is 0 Å². The molecule has 146 valence electrons. The van der Waals surface area contributed by atoms with Crippen molar-refractivity contribution in [3.63, 3.8) is 0 Å². The summed E-state index contributed by atoms with van der Waals surface area (Å²) in [6.07, 6.45) is 5.67. The molecule has 0 aromatic carbocycles. The summed E-state index contributed by atoms with van der Waals surface area (Å²) in [4.78, 5) is 24.7. The Kier molecular flexibility index (Phi) is 6.75. The number of hydrogen-bond donors (Lipinski definition) is 0. The van der Waals surface area contributed by atoms with E-state index in [1.165, 1.54) is 0 Å². The molecular weight excluding hydrogens is 316 g/mol. The van der Waals surface area contributed by atoms with Crippen LogP contribution in [0.1, 0.15) is 93.9 Å². The van der Waals surface area contributed by atoms with Gasteiger partial charge in [-0.15, -0.1) is 0 Å². The van der Waals surface area contributed by atoms with Gasteiger partial charge in [0.25, 0.3) is 0 Å². The zero-order valence-electron chi connectivity index (χ0n) is 17.6. The van der Waals surface area contributed by atoms with E-state index < -0.39 is 17.0 Å². The van der Waals surface area contributed by atoms with Gasteiger partial charge in [-0.25, -0.2) is 4.79 Å². The highest BCUT2D eigenvalue weighted by molar-refractivity contribution is 5.80. The zero-order chi connectivity index (χ0) is 19.5. The molecule has 0 aromatic rings. The third kappa shape index (κ3) is 5.21. The molecule has 1 fully saturated rings. The van der Waals surface area contributed by atoms with Gasteiger partial charge >= 0.3 is 11.9 Å². The van der Waals surface area contributed by atoms with Gasteiger partial charge in [0.2, 0.25) is 0 Å². The van der Waals surface area contributed by atoms with Crippen LogP contribution >= 0.6 is 0 Å². The number of carbonyl (C=O) groups excluding carboxylic acids is 2. The summed E-state index contributed by atoms with van der Waals surface area (Å²) in [5.41, 5.74) is -0.933. The predicted octanol–water partition coefficient (Wildman–Crippen LogP) is 5.28. The predicted molar refractivity (Wildman–Crippen MR) is 100 cm³/mol. The van der Waals surface area contributed by atoms with Crippen molar-refractivity contribution >= 4 is 11.9 Å². The summed E-state index contributed by atoms with van der Waals surface area (Å²) < 4.78 is 11.0. The van der Waals surface area contributed by atoms with Crippen LogP contribution in [-0.4, -0.2) is 24.1 Å². The molecule has 0 amide bonds. The summed E-state index contributed by atoms with van der Waals surface area (Å²) in [6, 6.07) is 0. The summed E-state index contributed by atoms with van der Waals surface area (Å²) in [7, 11) is 0. The first kappa shape index (κ1) is 22.0. The van der Waals surface area contributed by atoms with Crippen LogP contribution in [0.25, 0.3) is 0 Å². The van der Waals surface area contributed by atoms with Crippen molar-refractivity contribution in [2.75, 3.05) is 6.61 Å². The van der Waals surface area contributed by atoms with Gasteiger partial charge in [-0.1, -0.05) is 48.0 Å². The maximum absolute atomic E-state index is 12.5. The molecule has 0 aromatic heterocycles. The Morgan fingerprint density at radius 2 is 1.48 bits per heavy atom. The fourth-order valence-electron chi connectivity index (χ4n) is 3.41. The van der Waals surface area contributed by atoms with Gasteiger partial charge in [0.15, 0.2) is 6.61 Å². The van der Waals surface area contributed by atoms with E-state index in [-0.39, 0.29) is 18.0 Å². The van der Waals surface area contributed by atoms with Gasteiger partial charge in [-0.2, -0.15) is 0 Å². The molecule has 0 N–H and O–H groups in total. The fraction of sp³-hybridized carbons (Fsp3) is 0.905. The van der Waals surface area contributed by atoms with Crippen molar-refractivity contribution in [3.8, 4) is 0 Å². The number of esters is 2. The first-order chi connectivity index (χ1) is 11.3. The van der Waals surface area contributed by atoms with Gasteiger partial charge in [-0.05, 0) is 56.8 Å². The molecule has 0 bridgehead atoms. The molecule has 1 aliphatic carbocycles. The van der Waals surface area contributed by atoms with Crippen LogP contribution in [0.3, 0.4) is 0 Å². The third-order valence-corrected chi connectivity index (χ3v) is 6.86. The minimum absolute atomic E-state index is 0.233. The molecule has 0 aliphatic heterocycles. The van der Waals surface area contributed by atoms with Crippen molar-refractivity contribution in [3.05, 3.63) is 0 Å². The highest BCUT2D eigenvalue weighted by Gasteiger charge is 2.44. The molecule has 1 unspecified atom stereocenters. The molecule has 0 saturated heterocycles. The Balaban J connectivity index is 2.57. The molecule has 4 nitrogen and oxygen atoms in total. The topological polar surface area (TPSA) is 52.6 Å². The first-order valence-corrected chi connectivity index (χ1v) is 9.70. The van der Waals surface area contributed by atoms with Crippen LogP contribution in [0.2, 0.25) is 0 Å². The molecule has 0 spiro atoms. The number of carbonyl (C=O) groups is 2. The second kappa shape index (κ2) is 7.67. The van der Waals surface area contributed by atoms with Crippen LogP contribution in [-0.2, 0) is 19.1 Å². The van der Waals surface area contributed by atoms with E-state index in [4.69, 9.17) is 9.47 Å². The van der Waals surface area contributed by atoms with Crippen LogP contribution in [0, 0.1) is 16.2 Å². The van der Waals surface area contributed by atoms with Gasteiger partial charge in [0.05, 0.1) is 5.41 Å². The quantitative estimate of drug-likeness (QED) is 0.609. The fourth-order valence-corrected chi connectivity index (χ4v) is 3.41. The van der Waals surface area contributed by atoms with Gasteiger partial charge in [0.1, 0.15) is 5.60 Å². The van der Waals surface area contributed by atoms with Crippen molar-refractivity contribution in [1.29, 1.82) is 0 Å². The molecule has 1 aliphatic rings. The van der Waals surface area contributed by atoms with Crippen LogP contribution < -0.4 is 0 Å². The Bertz CT molecular complexity index is 481. The molecular formula is C21H38O4. The maximum atomic E-state index is 12.5. The largest absolute Gasteiger partial charge is 0.457 e. The summed E-state index contributed by atoms with van der Waals surface area (Å²) in [6.45, 7) is 16.1. The van der Waals surface area contributed by atoms with E-state index in [1.54, 1.807) is 0 Å². The Morgan fingerprint density at radius 3 is 1.88 bits per heavy atom. The second-order valence-electron chi connectivity index (χ2n) is 9.60. The third-order valence-electron chi connectivity index (χ3n) is 6.86. The van der Waals surface area contributed by atoms with Crippen molar-refractivity contribution in [1.82, 2.24) is 0 Å². The van der Waals surface area contributed by atoms with E-state index >= 15 is 0 Å². The van der Waals surface area contributed by atoms with Gasteiger partial charge < -0.3 is 9.47 Å². The van der Waals surface area contributed by atoms with Crippen molar-refractivity contribution in [2.45, 2.75) is 99.5 Å². The Labute approximate surface area is 154 Å². The average Bonchev–Trinajstić information content (AvgIpc) is 2.54. The van der Waals surface area contributed by atoms with Crippen molar-refractivity contribution < 1.29 is 19.1 Å².